The van der Waals surface area contributed by atoms with E-state index in [9.17, 15) is 4.79 Å². The molecule has 0 fully saturated rings. The van der Waals surface area contributed by atoms with Crippen molar-refractivity contribution in [3.63, 3.8) is 0 Å². The van der Waals surface area contributed by atoms with Crippen molar-refractivity contribution in [2.45, 2.75) is 6.92 Å². The molecule has 0 aliphatic carbocycles. The maximum atomic E-state index is 9.60. The van der Waals surface area contributed by atoms with Gasteiger partial charge >= 0.3 is 35.5 Å². The van der Waals surface area contributed by atoms with E-state index >= 15 is 0 Å². The Labute approximate surface area is 113 Å². The molecule has 1 rings (SSSR count). The zero-order valence-corrected chi connectivity index (χ0v) is 8.23. The summed E-state index contributed by atoms with van der Waals surface area (Å²) in [7, 11) is 0. The molecule has 76 valence electrons. The molecule has 3 heteroatoms. The van der Waals surface area contributed by atoms with E-state index in [-0.39, 0.29) is 35.1 Å². The number of carbonyl (C=O) groups is 1. The Hall–Kier alpha value is -0.830. The van der Waals surface area contributed by atoms with Crippen molar-refractivity contribution in [3.05, 3.63) is 54.6 Å². The van der Waals surface area contributed by atoms with Crippen molar-refractivity contribution >= 4 is 41.6 Å². The molecule has 0 spiro atoms. The Morgan fingerprint density at radius 3 is 1.93 bits per heavy atom. The zero-order chi connectivity index (χ0) is 11.0. The molecule has 0 atom stereocenters. The molecule has 0 aliphatic heterocycles. The van der Waals surface area contributed by atoms with E-state index in [4.69, 9.17) is 5.11 Å². The van der Waals surface area contributed by atoms with Gasteiger partial charge in [-0.2, -0.15) is 0 Å². The van der Waals surface area contributed by atoms with Crippen LogP contribution in [0, 0.1) is 0 Å². The molecule has 1 aromatic carbocycles. The molecular weight excluding hydrogens is 199 g/mol. The molecule has 0 saturated carbocycles. The molecule has 0 aromatic heterocycles. The molecule has 0 radical (unpaired) electrons. The molecule has 0 saturated heterocycles. The summed E-state index contributed by atoms with van der Waals surface area (Å²) in [5.74, 6) is -0.935. The summed E-state index contributed by atoms with van der Waals surface area (Å²) in [5, 5.41) is 7.89. The number of rotatable bonds is 2. The van der Waals surface area contributed by atoms with Gasteiger partial charge in [0, 0.05) is 5.57 Å². The zero-order valence-electron chi connectivity index (χ0n) is 8.23. The Morgan fingerprint density at radius 1 is 1.33 bits per heavy atom. The second kappa shape index (κ2) is 9.71. The van der Waals surface area contributed by atoms with E-state index in [1.54, 1.807) is 0 Å². The number of hydrogen-bond acceptors (Lipinski definition) is 1. The second-order valence-electron chi connectivity index (χ2n) is 2.70. The van der Waals surface area contributed by atoms with Crippen molar-refractivity contribution in [2.24, 2.45) is 0 Å². The van der Waals surface area contributed by atoms with Gasteiger partial charge in [0.05, 0.1) is 0 Å². The van der Waals surface area contributed by atoms with Gasteiger partial charge in [-0.15, -0.1) is 0 Å². The van der Waals surface area contributed by atoms with E-state index in [2.05, 4.69) is 13.2 Å². The Bertz CT molecular complexity index is 306. The first-order valence-electron chi connectivity index (χ1n) is 4.14. The monoisotopic (exact) mass is 214 g/mol. The summed E-state index contributed by atoms with van der Waals surface area (Å²) in [4.78, 5) is 9.60. The van der Waals surface area contributed by atoms with Crippen molar-refractivity contribution in [1.82, 2.24) is 0 Å². The summed E-state index contributed by atoms with van der Waals surface area (Å²) >= 11 is 0. The number of hydrogen-bond donors (Lipinski definition) is 1. The molecule has 0 unspecified atom stereocenters. The quantitative estimate of drug-likeness (QED) is 0.606. The van der Waals surface area contributed by atoms with Crippen LogP contribution in [0.4, 0.5) is 0 Å². The average Bonchev–Trinajstić information content (AvgIpc) is 2.20. The Kier molecular flexibility index (Phi) is 10.7. The van der Waals surface area contributed by atoms with Gasteiger partial charge in [-0.05, 0) is 12.5 Å². The SMILES string of the molecule is C=C(C)C(=O)O.C=Cc1ccccc1.[NaH]. The van der Waals surface area contributed by atoms with E-state index < -0.39 is 5.97 Å². The van der Waals surface area contributed by atoms with Crippen LogP contribution < -0.4 is 0 Å². The third-order valence-corrected chi connectivity index (χ3v) is 1.40. The molecule has 1 aromatic rings. The predicted octanol–water partition coefficient (Wildman–Crippen LogP) is 2.33. The van der Waals surface area contributed by atoms with Crippen molar-refractivity contribution in [3.8, 4) is 0 Å². The van der Waals surface area contributed by atoms with Crippen LogP contribution in [-0.4, -0.2) is 40.6 Å². The summed E-state index contributed by atoms with van der Waals surface area (Å²) in [6.45, 7) is 8.23. The minimum atomic E-state index is -0.935. The number of benzene rings is 1. The molecule has 2 nitrogen and oxygen atoms in total. The molecule has 15 heavy (non-hydrogen) atoms. The van der Waals surface area contributed by atoms with Crippen LogP contribution >= 0.6 is 0 Å². The van der Waals surface area contributed by atoms with Crippen LogP contribution in [0.1, 0.15) is 12.5 Å². The third kappa shape index (κ3) is 9.47. The van der Waals surface area contributed by atoms with E-state index in [1.807, 2.05) is 36.4 Å². The molecule has 0 bridgehead atoms. The summed E-state index contributed by atoms with van der Waals surface area (Å²) in [6.07, 6.45) is 1.83. The first kappa shape index (κ1) is 16.6. The Morgan fingerprint density at radius 2 is 1.73 bits per heavy atom. The van der Waals surface area contributed by atoms with Gasteiger partial charge in [-0.25, -0.2) is 4.79 Å². The fourth-order valence-corrected chi connectivity index (χ4v) is 0.589. The van der Waals surface area contributed by atoms with Crippen LogP contribution in [0.25, 0.3) is 6.08 Å². The van der Waals surface area contributed by atoms with Gasteiger partial charge in [0.25, 0.3) is 0 Å². The molecule has 0 aliphatic rings. The van der Waals surface area contributed by atoms with Gasteiger partial charge in [0.15, 0.2) is 0 Å². The first-order chi connectivity index (χ1) is 6.57. The Balaban J connectivity index is 0. The van der Waals surface area contributed by atoms with Crippen LogP contribution in [0.2, 0.25) is 0 Å². The van der Waals surface area contributed by atoms with Gasteiger partial charge < -0.3 is 5.11 Å². The van der Waals surface area contributed by atoms with E-state index in [0.29, 0.717) is 0 Å². The van der Waals surface area contributed by atoms with Crippen LogP contribution in [0.5, 0.6) is 0 Å². The molecule has 0 amide bonds. The first-order valence-corrected chi connectivity index (χ1v) is 4.14. The van der Waals surface area contributed by atoms with Crippen LogP contribution in [-0.2, 0) is 4.79 Å². The number of carboxylic acids is 1. The summed E-state index contributed by atoms with van der Waals surface area (Å²) < 4.78 is 0. The molecule has 0 heterocycles. The maximum absolute atomic E-state index is 9.60. The molecular formula is C12H15NaO2. The van der Waals surface area contributed by atoms with E-state index in [0.717, 1.165) is 0 Å². The van der Waals surface area contributed by atoms with Crippen molar-refractivity contribution < 1.29 is 9.90 Å². The normalized spacial score (nSPS) is 7.53. The van der Waals surface area contributed by atoms with Crippen LogP contribution in [0.3, 0.4) is 0 Å². The second-order valence-corrected chi connectivity index (χ2v) is 2.70. The standard InChI is InChI=1S/C8H8.C4H6O2.Na.H/c1-2-8-6-4-3-5-7-8;1-3(2)4(5)6;;/h2-7H,1H2;1H2,2H3,(H,5,6);;. The van der Waals surface area contributed by atoms with Gasteiger partial charge in [-0.3, -0.25) is 0 Å². The number of carboxylic acid groups (broad SMARTS) is 1. The van der Waals surface area contributed by atoms with Crippen molar-refractivity contribution in [1.29, 1.82) is 0 Å². The predicted molar refractivity (Wildman–Crippen MR) is 66.1 cm³/mol. The summed E-state index contributed by atoms with van der Waals surface area (Å²) in [6, 6.07) is 10.0. The fourth-order valence-electron chi connectivity index (χ4n) is 0.589. The van der Waals surface area contributed by atoms with Crippen LogP contribution in [0.15, 0.2) is 49.1 Å². The third-order valence-electron chi connectivity index (χ3n) is 1.40. The number of aliphatic carboxylic acids is 1. The van der Waals surface area contributed by atoms with Gasteiger partial charge in [-0.1, -0.05) is 49.6 Å². The summed E-state index contributed by atoms with van der Waals surface area (Å²) in [5.41, 5.74) is 1.35. The topological polar surface area (TPSA) is 37.3 Å². The van der Waals surface area contributed by atoms with E-state index in [1.165, 1.54) is 12.5 Å². The van der Waals surface area contributed by atoms with Gasteiger partial charge in [0.1, 0.15) is 0 Å². The van der Waals surface area contributed by atoms with Crippen molar-refractivity contribution in [2.75, 3.05) is 0 Å². The minimum absolute atomic E-state index is 0. The molecule has 1 N–H and O–H groups in total. The average molecular weight is 214 g/mol. The fraction of sp³-hybridized carbons (Fsp3) is 0.0833. The van der Waals surface area contributed by atoms with Gasteiger partial charge in [0.2, 0.25) is 0 Å².